The summed E-state index contributed by atoms with van der Waals surface area (Å²) >= 11 is 0. The van der Waals surface area contributed by atoms with Crippen LogP contribution in [-0.2, 0) is 0 Å². The van der Waals surface area contributed by atoms with E-state index in [9.17, 15) is 0 Å². The van der Waals surface area contributed by atoms with Crippen molar-refractivity contribution in [2.75, 3.05) is 20.9 Å². The molecule has 0 saturated carbocycles. The van der Waals surface area contributed by atoms with Crippen LogP contribution in [0.15, 0.2) is 0 Å². The van der Waals surface area contributed by atoms with Gasteiger partial charge in [0, 0.05) is 12.3 Å². The van der Waals surface area contributed by atoms with Gasteiger partial charge in [-0.2, -0.15) is 0 Å². The molecule has 0 fully saturated rings. The van der Waals surface area contributed by atoms with Crippen LogP contribution in [0.25, 0.3) is 0 Å². The van der Waals surface area contributed by atoms with E-state index in [1.54, 1.807) is 0 Å². The van der Waals surface area contributed by atoms with Gasteiger partial charge in [0.25, 0.3) is 0 Å². The van der Waals surface area contributed by atoms with Gasteiger partial charge in [-0.15, -0.1) is 12.4 Å². The van der Waals surface area contributed by atoms with Crippen LogP contribution < -0.4 is 0 Å². The standard InChI is InChI=1S/C3H9N.ClH/c1-4(2)3;/h1-3H3;1H/i1+1D3,2+1D3,3+1D3;. The van der Waals surface area contributed by atoms with Crippen molar-refractivity contribution < 1.29 is 12.3 Å². The average Bonchev–Trinajstić information content (AvgIpc) is 1.44. The lowest BCUT2D eigenvalue weighted by Crippen LogP contribution is -1.99. The molecule has 0 amide bonds. The SMILES string of the molecule is Cl.[2H][13C]([2H])([2H])N([13C]([2H])([2H])[2H])[13C]([2H])([2H])[2H]. The van der Waals surface area contributed by atoms with Gasteiger partial charge in [0.15, 0.2) is 0 Å². The molecule has 0 aromatic carbocycles. The zero-order valence-corrected chi connectivity index (χ0v) is 3.17. The zero-order valence-electron chi connectivity index (χ0n) is 11.4. The van der Waals surface area contributed by atoms with Crippen molar-refractivity contribution in [3.63, 3.8) is 0 Å². The number of halogens is 1. The van der Waals surface area contributed by atoms with Crippen LogP contribution in [0.5, 0.6) is 0 Å². The van der Waals surface area contributed by atoms with E-state index in [4.69, 9.17) is 12.3 Å². The Balaban J connectivity index is 0. The van der Waals surface area contributed by atoms with E-state index in [2.05, 4.69) is 0 Å². The maximum absolute atomic E-state index is 6.74. The Morgan fingerprint density at radius 3 is 1.80 bits per heavy atom. The summed E-state index contributed by atoms with van der Waals surface area (Å²) in [6.45, 7) is -9.47. The Bertz CT molecular complexity index is 143. The molecule has 34 valence electrons. The lowest BCUT2D eigenvalue weighted by molar-refractivity contribution is 0.505. The van der Waals surface area contributed by atoms with Crippen LogP contribution in [0, 0.1) is 0 Å². The van der Waals surface area contributed by atoms with E-state index in [-0.39, 0.29) is 12.4 Å². The van der Waals surface area contributed by atoms with E-state index < -0.39 is 25.8 Å². The second-order valence-corrected chi connectivity index (χ2v) is 0.335. The van der Waals surface area contributed by atoms with Crippen LogP contribution >= 0.6 is 12.4 Å². The fraction of sp³-hybridized carbons (Fsp3) is 1.00. The molecule has 0 heterocycles. The summed E-state index contributed by atoms with van der Waals surface area (Å²) in [7, 11) is 0. The minimum atomic E-state index is -3.16. The van der Waals surface area contributed by atoms with E-state index in [1.165, 1.54) is 0 Å². The summed E-state index contributed by atoms with van der Waals surface area (Å²) in [5.41, 5.74) is 0. The number of hydrogen-bond donors (Lipinski definition) is 0. The fourth-order valence-corrected chi connectivity index (χ4v) is 0. The summed E-state index contributed by atoms with van der Waals surface area (Å²) in [5, 5.41) is 0. The zero-order chi connectivity index (χ0) is 11.1. The molecule has 0 radical (unpaired) electrons. The Hall–Kier alpha value is 0.250. The van der Waals surface area contributed by atoms with Crippen molar-refractivity contribution in [2.24, 2.45) is 0 Å². The summed E-state index contributed by atoms with van der Waals surface area (Å²) in [5.74, 6) is 0. The first-order chi connectivity index (χ1) is 5.37. The van der Waals surface area contributed by atoms with Crippen LogP contribution in [-0.4, -0.2) is 25.8 Å². The van der Waals surface area contributed by atoms with Crippen molar-refractivity contribution in [2.45, 2.75) is 0 Å². The second-order valence-electron chi connectivity index (χ2n) is 0.335. The molecule has 0 unspecified atom stereocenters. The fourth-order valence-electron chi connectivity index (χ4n) is 0. The van der Waals surface area contributed by atoms with Gasteiger partial charge in [-0.25, -0.2) is 0 Å². The lowest BCUT2D eigenvalue weighted by Gasteiger charge is -1.90. The molecular formula is C3H10ClN. The van der Waals surface area contributed by atoms with E-state index >= 15 is 0 Å². The second kappa shape index (κ2) is 4.25. The number of hydrogen-bond acceptors (Lipinski definition) is 1. The van der Waals surface area contributed by atoms with E-state index in [0.29, 0.717) is 0 Å². The first-order valence-electron chi connectivity index (χ1n) is 5.17. The minimum Gasteiger partial charge on any atom is -0.312 e. The highest BCUT2D eigenvalue weighted by Gasteiger charge is 1.58. The molecule has 0 saturated heterocycles. The molecule has 0 N–H and O–H groups in total. The van der Waals surface area contributed by atoms with Crippen LogP contribution in [0.1, 0.15) is 12.3 Å². The summed E-state index contributed by atoms with van der Waals surface area (Å²) in [4.78, 5) is -0.438. The summed E-state index contributed by atoms with van der Waals surface area (Å²) in [6.07, 6.45) is 0. The normalized spacial score (nSPS) is 41.4. The van der Waals surface area contributed by atoms with Gasteiger partial charge in [-0.05, 0) is 20.9 Å². The highest BCUT2D eigenvalue weighted by Crippen LogP contribution is 1.47. The third-order valence-corrected chi connectivity index (χ3v) is 0. The van der Waals surface area contributed by atoms with Crippen LogP contribution in [0.4, 0.5) is 0 Å². The van der Waals surface area contributed by atoms with E-state index in [0.717, 1.165) is 0 Å². The van der Waals surface area contributed by atoms with Crippen molar-refractivity contribution in [3.05, 3.63) is 0 Å². The Morgan fingerprint density at radius 2 is 1.80 bits per heavy atom. The smallest absolute Gasteiger partial charge is 0.0394 e. The van der Waals surface area contributed by atoms with Gasteiger partial charge in [0.1, 0.15) is 0 Å². The van der Waals surface area contributed by atoms with Gasteiger partial charge >= 0.3 is 0 Å². The van der Waals surface area contributed by atoms with Gasteiger partial charge in [-0.3, -0.25) is 0 Å². The first-order valence-corrected chi connectivity index (χ1v) is 0.671. The molecule has 0 aromatic rings. The highest BCUT2D eigenvalue weighted by molar-refractivity contribution is 5.85. The van der Waals surface area contributed by atoms with Crippen LogP contribution in [0.3, 0.4) is 0 Å². The maximum Gasteiger partial charge on any atom is 0.0394 e. The number of nitrogens with zero attached hydrogens (tertiary/aromatic N) is 1. The monoisotopic (exact) mass is 107 g/mol. The Labute approximate surface area is 52.0 Å². The largest absolute Gasteiger partial charge is 0.312 e. The molecule has 0 bridgehead atoms. The highest BCUT2D eigenvalue weighted by atomic mass is 35.5. The average molecular weight is 108 g/mol. The molecule has 0 spiro atoms. The van der Waals surface area contributed by atoms with Crippen molar-refractivity contribution >= 4 is 12.4 Å². The predicted molar refractivity (Wildman–Crippen MR) is 26.9 cm³/mol. The summed E-state index contributed by atoms with van der Waals surface area (Å²) < 4.78 is 60.7. The molecular weight excluding hydrogens is 88.5 g/mol. The molecule has 1 nitrogen and oxygen atoms in total. The molecule has 0 aromatic heterocycles. The molecule has 2 heteroatoms. The molecule has 0 aliphatic carbocycles. The predicted octanol–water partition coefficient (Wildman–Crippen LogP) is 0.600. The van der Waals surface area contributed by atoms with Crippen molar-refractivity contribution in [3.8, 4) is 0 Å². The quantitative estimate of drug-likeness (QED) is 0.410. The van der Waals surface area contributed by atoms with Gasteiger partial charge < -0.3 is 4.90 Å². The maximum atomic E-state index is 6.74. The molecule has 5 heavy (non-hydrogen) atoms. The third kappa shape index (κ3) is 344. The first kappa shape index (κ1) is 0.632. The lowest BCUT2D eigenvalue weighted by atomic mass is 11.7. The number of rotatable bonds is 0. The van der Waals surface area contributed by atoms with Crippen LogP contribution in [0.2, 0.25) is 0 Å². The van der Waals surface area contributed by atoms with Gasteiger partial charge in [-0.1, -0.05) is 0 Å². The Kier molecular flexibility index (Phi) is 0.537. The minimum absolute atomic E-state index is 0. The molecule has 0 aliphatic rings. The molecule has 0 atom stereocenters. The summed E-state index contributed by atoms with van der Waals surface area (Å²) in [6, 6.07) is 0. The van der Waals surface area contributed by atoms with E-state index in [1.807, 2.05) is 0 Å². The van der Waals surface area contributed by atoms with Gasteiger partial charge in [0.2, 0.25) is 0 Å². The Morgan fingerprint density at radius 1 is 1.40 bits per heavy atom. The molecule has 0 aliphatic heterocycles. The van der Waals surface area contributed by atoms with Crippen molar-refractivity contribution in [1.82, 2.24) is 4.90 Å². The third-order valence-electron chi connectivity index (χ3n) is 0. The molecule has 0 rings (SSSR count). The van der Waals surface area contributed by atoms with Gasteiger partial charge in [0.05, 0.1) is 0 Å². The van der Waals surface area contributed by atoms with Crippen molar-refractivity contribution in [1.29, 1.82) is 0 Å². The topological polar surface area (TPSA) is 3.24 Å².